The zero-order chi connectivity index (χ0) is 15.4. The van der Waals surface area contributed by atoms with Crippen molar-refractivity contribution in [3.05, 3.63) is 42.5 Å². The first-order valence-corrected chi connectivity index (χ1v) is 7.73. The first kappa shape index (κ1) is 14.6. The lowest BCUT2D eigenvalue weighted by Gasteiger charge is -2.20. The zero-order valence-electron chi connectivity index (χ0n) is 12.8. The lowest BCUT2D eigenvalue weighted by molar-refractivity contribution is 0.202. The van der Waals surface area contributed by atoms with E-state index >= 15 is 0 Å². The summed E-state index contributed by atoms with van der Waals surface area (Å²) < 4.78 is 11.5. The van der Waals surface area contributed by atoms with Gasteiger partial charge in [-0.25, -0.2) is 0 Å². The van der Waals surface area contributed by atoms with E-state index in [9.17, 15) is 0 Å². The molecule has 4 nitrogen and oxygen atoms in total. The number of nitrogen functional groups attached to an aromatic ring is 1. The molecule has 1 aliphatic rings. The van der Waals surface area contributed by atoms with Crippen molar-refractivity contribution in [2.45, 2.75) is 31.8 Å². The van der Waals surface area contributed by atoms with Gasteiger partial charge < -0.3 is 20.5 Å². The maximum atomic E-state index is 6.32. The van der Waals surface area contributed by atoms with Crippen LogP contribution in [0, 0.1) is 0 Å². The molecule has 0 bridgehead atoms. The molecule has 0 amide bonds. The molecule has 0 aliphatic heterocycles. The Labute approximate surface area is 131 Å². The molecule has 22 heavy (non-hydrogen) atoms. The van der Waals surface area contributed by atoms with Gasteiger partial charge in [-0.05, 0) is 49.9 Å². The summed E-state index contributed by atoms with van der Waals surface area (Å²) in [7, 11) is 1.64. The Morgan fingerprint density at radius 1 is 1.05 bits per heavy atom. The van der Waals surface area contributed by atoms with E-state index < -0.39 is 0 Å². The standard InChI is InChI=1S/C18H22N2O2/c1-21-16-12-11-15(20-13-7-3-2-4-8-13)17(19)18(16)22-14-9-5-6-10-14/h2-4,7-8,11-12,14,20H,5-6,9-10,19H2,1H3. The fourth-order valence-electron chi connectivity index (χ4n) is 2.82. The number of para-hydroxylation sites is 1. The van der Waals surface area contributed by atoms with Gasteiger partial charge in [0.25, 0.3) is 0 Å². The van der Waals surface area contributed by atoms with E-state index in [4.69, 9.17) is 15.2 Å². The number of nitrogens with two attached hydrogens (primary N) is 1. The number of benzene rings is 2. The predicted octanol–water partition coefficient (Wildman–Crippen LogP) is 4.34. The molecular weight excluding hydrogens is 276 g/mol. The average molecular weight is 298 g/mol. The summed E-state index contributed by atoms with van der Waals surface area (Å²) in [6.45, 7) is 0. The van der Waals surface area contributed by atoms with Crippen molar-refractivity contribution in [1.82, 2.24) is 0 Å². The summed E-state index contributed by atoms with van der Waals surface area (Å²) in [5.74, 6) is 1.33. The maximum Gasteiger partial charge on any atom is 0.186 e. The van der Waals surface area contributed by atoms with Crippen molar-refractivity contribution >= 4 is 17.1 Å². The summed E-state index contributed by atoms with van der Waals surface area (Å²) in [5, 5.41) is 3.33. The summed E-state index contributed by atoms with van der Waals surface area (Å²) >= 11 is 0. The van der Waals surface area contributed by atoms with Crippen LogP contribution in [0.3, 0.4) is 0 Å². The summed E-state index contributed by atoms with van der Waals surface area (Å²) in [6.07, 6.45) is 4.84. The maximum absolute atomic E-state index is 6.32. The van der Waals surface area contributed by atoms with Crippen molar-refractivity contribution in [3.8, 4) is 11.5 Å². The molecule has 1 aliphatic carbocycles. The normalized spacial score (nSPS) is 14.8. The molecule has 116 valence electrons. The fraction of sp³-hybridized carbons (Fsp3) is 0.333. The van der Waals surface area contributed by atoms with E-state index in [0.717, 1.165) is 24.2 Å². The SMILES string of the molecule is COc1ccc(Nc2ccccc2)c(N)c1OC1CCCC1. The van der Waals surface area contributed by atoms with Crippen LogP contribution >= 0.6 is 0 Å². The van der Waals surface area contributed by atoms with E-state index in [2.05, 4.69) is 5.32 Å². The van der Waals surface area contributed by atoms with Crippen LogP contribution < -0.4 is 20.5 Å². The van der Waals surface area contributed by atoms with Gasteiger partial charge in [0, 0.05) is 5.69 Å². The smallest absolute Gasteiger partial charge is 0.186 e. The second-order valence-corrected chi connectivity index (χ2v) is 5.57. The third-order valence-electron chi connectivity index (χ3n) is 4.02. The van der Waals surface area contributed by atoms with Gasteiger partial charge in [0.2, 0.25) is 0 Å². The van der Waals surface area contributed by atoms with Crippen molar-refractivity contribution in [3.63, 3.8) is 0 Å². The van der Waals surface area contributed by atoms with E-state index in [0.29, 0.717) is 17.2 Å². The molecule has 3 N–H and O–H groups in total. The first-order chi connectivity index (χ1) is 10.8. The molecule has 0 radical (unpaired) electrons. The Hall–Kier alpha value is -2.36. The number of nitrogens with one attached hydrogen (secondary N) is 1. The summed E-state index contributed by atoms with van der Waals surface area (Å²) in [4.78, 5) is 0. The Morgan fingerprint density at radius 3 is 2.45 bits per heavy atom. The second-order valence-electron chi connectivity index (χ2n) is 5.57. The van der Waals surface area contributed by atoms with Gasteiger partial charge in [0.1, 0.15) is 5.69 Å². The van der Waals surface area contributed by atoms with Gasteiger partial charge in [-0.3, -0.25) is 0 Å². The van der Waals surface area contributed by atoms with Gasteiger partial charge in [-0.15, -0.1) is 0 Å². The van der Waals surface area contributed by atoms with Crippen LogP contribution in [0.25, 0.3) is 0 Å². The van der Waals surface area contributed by atoms with Crippen LogP contribution in [-0.4, -0.2) is 13.2 Å². The Balaban J connectivity index is 1.88. The van der Waals surface area contributed by atoms with Crippen molar-refractivity contribution in [2.75, 3.05) is 18.2 Å². The molecule has 0 heterocycles. The lowest BCUT2D eigenvalue weighted by atomic mass is 10.2. The van der Waals surface area contributed by atoms with Gasteiger partial charge >= 0.3 is 0 Å². The molecule has 4 heteroatoms. The molecule has 3 rings (SSSR count). The minimum atomic E-state index is 0.239. The predicted molar refractivity (Wildman–Crippen MR) is 90.0 cm³/mol. The van der Waals surface area contributed by atoms with E-state index in [1.165, 1.54) is 12.8 Å². The number of hydrogen-bond donors (Lipinski definition) is 2. The Bertz CT molecular complexity index is 622. The van der Waals surface area contributed by atoms with E-state index in [-0.39, 0.29) is 6.10 Å². The Morgan fingerprint density at radius 2 is 1.77 bits per heavy atom. The molecule has 0 saturated heterocycles. The van der Waals surface area contributed by atoms with E-state index in [1.54, 1.807) is 7.11 Å². The molecule has 2 aromatic rings. The van der Waals surface area contributed by atoms with Gasteiger partial charge in [0.05, 0.1) is 18.9 Å². The minimum absolute atomic E-state index is 0.239. The molecule has 0 atom stereocenters. The van der Waals surface area contributed by atoms with Crippen molar-refractivity contribution < 1.29 is 9.47 Å². The highest BCUT2D eigenvalue weighted by molar-refractivity contribution is 5.80. The number of hydrogen-bond acceptors (Lipinski definition) is 4. The Kier molecular flexibility index (Phi) is 4.37. The molecule has 2 aromatic carbocycles. The van der Waals surface area contributed by atoms with E-state index in [1.807, 2.05) is 42.5 Å². The number of anilines is 3. The molecule has 1 fully saturated rings. The van der Waals surface area contributed by atoms with Crippen LogP contribution in [0.4, 0.5) is 17.1 Å². The number of rotatable bonds is 5. The largest absolute Gasteiger partial charge is 0.493 e. The first-order valence-electron chi connectivity index (χ1n) is 7.73. The zero-order valence-corrected chi connectivity index (χ0v) is 12.8. The van der Waals surface area contributed by atoms with Gasteiger partial charge in [-0.2, -0.15) is 0 Å². The highest BCUT2D eigenvalue weighted by Crippen LogP contribution is 2.41. The van der Waals surface area contributed by atoms with Crippen molar-refractivity contribution in [1.29, 1.82) is 0 Å². The highest BCUT2D eigenvalue weighted by Gasteiger charge is 2.21. The molecule has 0 aromatic heterocycles. The molecule has 1 saturated carbocycles. The van der Waals surface area contributed by atoms with Crippen LogP contribution in [0.15, 0.2) is 42.5 Å². The van der Waals surface area contributed by atoms with Crippen molar-refractivity contribution in [2.24, 2.45) is 0 Å². The van der Waals surface area contributed by atoms with Crippen LogP contribution in [0.5, 0.6) is 11.5 Å². The van der Waals surface area contributed by atoms with Crippen LogP contribution in [0.1, 0.15) is 25.7 Å². The molecule has 0 spiro atoms. The second kappa shape index (κ2) is 6.60. The quantitative estimate of drug-likeness (QED) is 0.806. The average Bonchev–Trinajstić information content (AvgIpc) is 3.05. The number of methoxy groups -OCH3 is 1. The van der Waals surface area contributed by atoms with Crippen LogP contribution in [0.2, 0.25) is 0 Å². The molecular formula is C18H22N2O2. The van der Waals surface area contributed by atoms with Gasteiger partial charge in [-0.1, -0.05) is 18.2 Å². The molecule has 0 unspecified atom stereocenters. The third kappa shape index (κ3) is 3.11. The number of ether oxygens (including phenoxy) is 2. The van der Waals surface area contributed by atoms with Gasteiger partial charge in [0.15, 0.2) is 11.5 Å². The summed E-state index contributed by atoms with van der Waals surface area (Å²) in [5.41, 5.74) is 8.74. The lowest BCUT2D eigenvalue weighted by Crippen LogP contribution is -2.13. The fourth-order valence-corrected chi connectivity index (χ4v) is 2.82. The van der Waals surface area contributed by atoms with Crippen LogP contribution in [-0.2, 0) is 0 Å². The third-order valence-corrected chi connectivity index (χ3v) is 4.02. The highest BCUT2D eigenvalue weighted by atomic mass is 16.5. The minimum Gasteiger partial charge on any atom is -0.493 e. The monoisotopic (exact) mass is 298 g/mol. The topological polar surface area (TPSA) is 56.5 Å². The summed E-state index contributed by atoms with van der Waals surface area (Å²) in [6, 6.07) is 13.8.